The molecule has 0 radical (unpaired) electrons. The molecule has 0 saturated carbocycles. The first-order chi connectivity index (χ1) is 15.0. The van der Waals surface area contributed by atoms with Crippen LogP contribution >= 0.6 is 0 Å². The Balaban J connectivity index is 1.38. The molecule has 7 nitrogen and oxygen atoms in total. The molecule has 3 aromatic rings. The molecule has 9 heteroatoms. The van der Waals surface area contributed by atoms with E-state index in [1.54, 1.807) is 30.5 Å². The largest absolute Gasteiger partial charge is 0.439 e. The van der Waals surface area contributed by atoms with Crippen LogP contribution in [0.1, 0.15) is 11.1 Å². The molecule has 158 valence electrons. The van der Waals surface area contributed by atoms with Gasteiger partial charge in [0.25, 0.3) is 0 Å². The molecule has 0 aliphatic carbocycles. The summed E-state index contributed by atoms with van der Waals surface area (Å²) < 4.78 is 32.0. The number of nitrogens with one attached hydrogen (secondary N) is 3. The Labute approximate surface area is 177 Å². The van der Waals surface area contributed by atoms with Gasteiger partial charge in [0.2, 0.25) is 5.88 Å². The number of benzene rings is 2. The predicted molar refractivity (Wildman–Crippen MR) is 111 cm³/mol. The van der Waals surface area contributed by atoms with Gasteiger partial charge in [-0.15, -0.1) is 0 Å². The number of hydrogen-bond donors (Lipinski definition) is 3. The second-order valence-electron chi connectivity index (χ2n) is 6.37. The number of aromatic nitrogens is 1. The quantitative estimate of drug-likeness (QED) is 0.477. The number of amides is 2. The Hall–Kier alpha value is -4.19. The topological polar surface area (TPSA) is 99.1 Å². The molecular formula is C22H19F2N5O2. The summed E-state index contributed by atoms with van der Waals surface area (Å²) in [6, 6.07) is 14.7. The minimum Gasteiger partial charge on any atom is -0.439 e. The van der Waals surface area contributed by atoms with E-state index in [-0.39, 0.29) is 30.5 Å². The molecule has 0 aliphatic rings. The fourth-order valence-corrected chi connectivity index (χ4v) is 2.60. The third-order valence-electron chi connectivity index (χ3n) is 4.14. The second-order valence-corrected chi connectivity index (χ2v) is 6.37. The molecule has 0 saturated heterocycles. The first-order valence-electron chi connectivity index (χ1n) is 9.37. The molecule has 0 bridgehead atoms. The summed E-state index contributed by atoms with van der Waals surface area (Å²) in [5.41, 5.74) is 1.07. The summed E-state index contributed by atoms with van der Waals surface area (Å²) in [4.78, 5) is 16.1. The number of pyridine rings is 1. The van der Waals surface area contributed by atoms with Crippen molar-refractivity contribution < 1.29 is 18.3 Å². The van der Waals surface area contributed by atoms with Gasteiger partial charge in [-0.05, 0) is 42.0 Å². The molecule has 31 heavy (non-hydrogen) atoms. The fourth-order valence-electron chi connectivity index (χ4n) is 2.60. The average Bonchev–Trinajstić information content (AvgIpc) is 2.78. The Kier molecular flexibility index (Phi) is 7.32. The molecule has 0 aliphatic heterocycles. The smallest absolute Gasteiger partial charge is 0.315 e. The zero-order valence-electron chi connectivity index (χ0n) is 16.4. The molecule has 0 atom stereocenters. The number of rotatable bonds is 8. The zero-order valence-corrected chi connectivity index (χ0v) is 16.4. The number of carbonyl (C=O) groups excluding carboxylic acids is 1. The summed E-state index contributed by atoms with van der Waals surface area (Å²) in [6.45, 7) is 0.851. The number of ether oxygens (including phenoxy) is 1. The van der Waals surface area contributed by atoms with Crippen LogP contribution in [-0.2, 0) is 6.54 Å². The molecule has 1 aromatic heterocycles. The number of halogens is 2. The number of nitriles is 1. The maximum atomic E-state index is 13.5. The van der Waals surface area contributed by atoms with Crippen molar-refractivity contribution in [1.29, 1.82) is 5.26 Å². The average molecular weight is 423 g/mol. The Morgan fingerprint density at radius 1 is 1.03 bits per heavy atom. The number of nitrogens with zero attached hydrogens (tertiary/aromatic N) is 2. The molecule has 2 aromatic carbocycles. The lowest BCUT2D eigenvalue weighted by molar-refractivity contribution is 0.241. The molecule has 2 amide bonds. The molecule has 3 rings (SSSR count). The summed E-state index contributed by atoms with van der Waals surface area (Å²) >= 11 is 0. The summed E-state index contributed by atoms with van der Waals surface area (Å²) in [5, 5.41) is 17.3. The van der Waals surface area contributed by atoms with Crippen LogP contribution in [0.2, 0.25) is 0 Å². The van der Waals surface area contributed by atoms with Gasteiger partial charge in [-0.25, -0.2) is 18.6 Å². The van der Waals surface area contributed by atoms with E-state index in [2.05, 4.69) is 20.9 Å². The van der Waals surface area contributed by atoms with Gasteiger partial charge in [0.05, 0.1) is 5.69 Å². The maximum Gasteiger partial charge on any atom is 0.315 e. The van der Waals surface area contributed by atoms with Gasteiger partial charge in [0, 0.05) is 31.9 Å². The van der Waals surface area contributed by atoms with Crippen LogP contribution in [0.15, 0.2) is 60.8 Å². The number of anilines is 1. The zero-order chi connectivity index (χ0) is 22.1. The van der Waals surface area contributed by atoms with Crippen molar-refractivity contribution in [3.05, 3.63) is 83.6 Å². The van der Waals surface area contributed by atoms with Gasteiger partial charge in [-0.1, -0.05) is 12.1 Å². The van der Waals surface area contributed by atoms with E-state index < -0.39 is 5.82 Å². The van der Waals surface area contributed by atoms with Crippen LogP contribution in [0.4, 0.5) is 19.3 Å². The van der Waals surface area contributed by atoms with Crippen LogP contribution in [0.25, 0.3) is 0 Å². The number of hydrogen-bond acceptors (Lipinski definition) is 5. The molecule has 0 fully saturated rings. The molecule has 3 N–H and O–H groups in total. The number of urea groups is 1. The molecular weight excluding hydrogens is 404 g/mol. The lowest BCUT2D eigenvalue weighted by Gasteiger charge is -2.11. The lowest BCUT2D eigenvalue weighted by atomic mass is 10.2. The first kappa shape index (κ1) is 21.5. The highest BCUT2D eigenvalue weighted by atomic mass is 19.1. The van der Waals surface area contributed by atoms with Gasteiger partial charge in [-0.3, -0.25) is 0 Å². The van der Waals surface area contributed by atoms with Gasteiger partial charge < -0.3 is 20.7 Å². The molecule has 1 heterocycles. The molecule has 0 spiro atoms. The van der Waals surface area contributed by atoms with E-state index in [1.165, 1.54) is 36.4 Å². The Morgan fingerprint density at radius 3 is 2.55 bits per heavy atom. The standard InChI is InChI=1S/C22H19F2N5O2/c23-16-5-7-17(8-6-16)31-21-9-4-15(13-28-21)14-29-22(30)27-11-10-26-20-3-1-2-19(24)18(20)12-25/h1-9,13,26H,10-11,14H2,(H2,27,29,30). The summed E-state index contributed by atoms with van der Waals surface area (Å²) in [5.74, 6) is -0.134. The lowest BCUT2D eigenvalue weighted by Crippen LogP contribution is -2.37. The molecule has 0 unspecified atom stereocenters. The highest BCUT2D eigenvalue weighted by Gasteiger charge is 2.07. The summed E-state index contributed by atoms with van der Waals surface area (Å²) in [6.07, 6.45) is 1.56. The van der Waals surface area contributed by atoms with Crippen LogP contribution in [0.3, 0.4) is 0 Å². The van der Waals surface area contributed by atoms with Crippen molar-refractivity contribution in [2.75, 3.05) is 18.4 Å². The van der Waals surface area contributed by atoms with E-state index in [1.807, 2.05) is 0 Å². The van der Waals surface area contributed by atoms with Gasteiger partial charge >= 0.3 is 6.03 Å². The van der Waals surface area contributed by atoms with E-state index in [9.17, 15) is 13.6 Å². The van der Waals surface area contributed by atoms with E-state index in [0.29, 0.717) is 23.9 Å². The second kappa shape index (κ2) is 10.5. The fraction of sp³-hybridized carbons (Fsp3) is 0.136. The summed E-state index contributed by atoms with van der Waals surface area (Å²) in [7, 11) is 0. The van der Waals surface area contributed by atoms with E-state index in [0.717, 1.165) is 5.56 Å². The number of carbonyl (C=O) groups is 1. The minimum atomic E-state index is -0.596. The predicted octanol–water partition coefficient (Wildman–Crippen LogP) is 3.94. The monoisotopic (exact) mass is 423 g/mol. The highest BCUT2D eigenvalue weighted by molar-refractivity contribution is 5.73. The van der Waals surface area contributed by atoms with Crippen molar-refractivity contribution in [1.82, 2.24) is 15.6 Å². The third-order valence-corrected chi connectivity index (χ3v) is 4.14. The highest BCUT2D eigenvalue weighted by Crippen LogP contribution is 2.19. The maximum absolute atomic E-state index is 13.5. The third kappa shape index (κ3) is 6.40. The van der Waals surface area contributed by atoms with Crippen molar-refractivity contribution in [3.63, 3.8) is 0 Å². The normalized spacial score (nSPS) is 10.1. The van der Waals surface area contributed by atoms with Gasteiger partial charge in [0.15, 0.2) is 0 Å². The van der Waals surface area contributed by atoms with E-state index in [4.69, 9.17) is 10.00 Å². The van der Waals surface area contributed by atoms with E-state index >= 15 is 0 Å². The Bertz CT molecular complexity index is 1070. The first-order valence-corrected chi connectivity index (χ1v) is 9.37. The van der Waals surface area contributed by atoms with Crippen molar-refractivity contribution in [2.45, 2.75) is 6.54 Å². The Morgan fingerprint density at radius 2 is 1.84 bits per heavy atom. The van der Waals surface area contributed by atoms with Crippen LogP contribution in [0.5, 0.6) is 11.6 Å². The van der Waals surface area contributed by atoms with Crippen LogP contribution in [-0.4, -0.2) is 24.1 Å². The van der Waals surface area contributed by atoms with Crippen molar-refractivity contribution >= 4 is 11.7 Å². The van der Waals surface area contributed by atoms with Gasteiger partial charge in [0.1, 0.15) is 29.0 Å². The SMILES string of the molecule is N#Cc1c(F)cccc1NCCNC(=O)NCc1ccc(Oc2ccc(F)cc2)nc1. The van der Waals surface area contributed by atoms with Crippen LogP contribution in [0, 0.1) is 23.0 Å². The minimum absolute atomic E-state index is 0.0636. The van der Waals surface area contributed by atoms with Gasteiger partial charge in [-0.2, -0.15) is 5.26 Å². The van der Waals surface area contributed by atoms with Crippen molar-refractivity contribution in [3.8, 4) is 17.7 Å². The van der Waals surface area contributed by atoms with Crippen molar-refractivity contribution in [2.24, 2.45) is 0 Å². The van der Waals surface area contributed by atoms with Crippen LogP contribution < -0.4 is 20.7 Å².